The molecule has 5 nitrogen and oxygen atoms in total. The quantitative estimate of drug-likeness (QED) is 0.801. The van der Waals surface area contributed by atoms with Crippen LogP contribution in [0.2, 0.25) is 0 Å². The summed E-state index contributed by atoms with van der Waals surface area (Å²) in [7, 11) is 1.67. The lowest BCUT2D eigenvalue weighted by molar-refractivity contribution is 0.415. The smallest absolute Gasteiger partial charge is 0.226 e. The second kappa shape index (κ2) is 5.85. The first-order valence-corrected chi connectivity index (χ1v) is 7.84. The number of aryl methyl sites for hydroxylation is 1. The molecular weight excluding hydrogens is 300 g/mol. The predicted molar refractivity (Wildman–Crippen MR) is 93.9 cm³/mol. The van der Waals surface area contributed by atoms with Crippen molar-refractivity contribution in [1.82, 2.24) is 14.8 Å². The fraction of sp³-hybridized carbons (Fsp3) is 0.158. The minimum atomic E-state index is 0.0146. The number of nitrogens with one attached hydrogen (secondary N) is 1. The molecule has 1 atom stereocenters. The van der Waals surface area contributed by atoms with Gasteiger partial charge in [-0.2, -0.15) is 10.1 Å². The molecule has 0 saturated heterocycles. The van der Waals surface area contributed by atoms with Crippen molar-refractivity contribution in [2.45, 2.75) is 13.0 Å². The minimum Gasteiger partial charge on any atom is -0.497 e. The van der Waals surface area contributed by atoms with E-state index >= 15 is 0 Å². The number of rotatable bonds is 3. The van der Waals surface area contributed by atoms with Crippen molar-refractivity contribution in [1.29, 1.82) is 0 Å². The lowest BCUT2D eigenvalue weighted by Gasteiger charge is -2.24. The van der Waals surface area contributed by atoms with Gasteiger partial charge in [-0.05, 0) is 48.4 Å². The Morgan fingerprint density at radius 2 is 1.96 bits per heavy atom. The lowest BCUT2D eigenvalue weighted by atomic mass is 10.0. The fourth-order valence-corrected chi connectivity index (χ4v) is 2.96. The van der Waals surface area contributed by atoms with Gasteiger partial charge in [0, 0.05) is 5.70 Å². The molecule has 2 heterocycles. The number of hydrogen-bond acceptors (Lipinski definition) is 4. The van der Waals surface area contributed by atoms with E-state index in [2.05, 4.69) is 52.7 Å². The highest BCUT2D eigenvalue weighted by Gasteiger charge is 2.23. The molecule has 0 spiro atoms. The summed E-state index contributed by atoms with van der Waals surface area (Å²) < 4.78 is 7.14. The maximum atomic E-state index is 5.24. The van der Waals surface area contributed by atoms with E-state index in [0.717, 1.165) is 23.0 Å². The third kappa shape index (κ3) is 2.54. The van der Waals surface area contributed by atoms with Gasteiger partial charge < -0.3 is 10.1 Å². The third-order valence-corrected chi connectivity index (χ3v) is 4.19. The van der Waals surface area contributed by atoms with E-state index in [0.29, 0.717) is 0 Å². The molecule has 1 aliphatic rings. The molecule has 0 bridgehead atoms. The Balaban J connectivity index is 1.78. The van der Waals surface area contributed by atoms with Gasteiger partial charge >= 0.3 is 0 Å². The standard InChI is InChI=1S/C19H18N4O/c1-13-4-3-5-15(10-13)18-11-17(22-19-20-12-21-23(18)19)14-6-8-16(24-2)9-7-14/h3-12,18H,1-2H3,(H,20,21,22)/t18-/m1/s1. The Bertz CT molecular complexity index is 896. The van der Waals surface area contributed by atoms with Crippen LogP contribution in [0.25, 0.3) is 5.70 Å². The molecule has 5 heteroatoms. The molecule has 120 valence electrons. The van der Waals surface area contributed by atoms with Gasteiger partial charge in [0.2, 0.25) is 5.95 Å². The van der Waals surface area contributed by atoms with Gasteiger partial charge in [0.05, 0.1) is 7.11 Å². The van der Waals surface area contributed by atoms with Crippen LogP contribution in [-0.2, 0) is 0 Å². The number of nitrogens with zero attached hydrogens (tertiary/aromatic N) is 3. The predicted octanol–water partition coefficient (Wildman–Crippen LogP) is 3.65. The van der Waals surface area contributed by atoms with Gasteiger partial charge in [-0.3, -0.25) is 0 Å². The highest BCUT2D eigenvalue weighted by molar-refractivity contribution is 5.77. The van der Waals surface area contributed by atoms with Crippen molar-refractivity contribution in [2.75, 3.05) is 12.4 Å². The molecule has 0 aliphatic carbocycles. The maximum absolute atomic E-state index is 5.24. The summed E-state index contributed by atoms with van der Waals surface area (Å²) in [5.74, 6) is 1.59. The van der Waals surface area contributed by atoms with Crippen molar-refractivity contribution < 1.29 is 4.74 Å². The van der Waals surface area contributed by atoms with E-state index in [4.69, 9.17) is 4.74 Å². The molecule has 1 N–H and O–H groups in total. The number of anilines is 1. The number of ether oxygens (including phenoxy) is 1. The molecule has 1 aliphatic heterocycles. The van der Waals surface area contributed by atoms with Crippen molar-refractivity contribution in [2.24, 2.45) is 0 Å². The number of fused-ring (bicyclic) bond motifs is 1. The van der Waals surface area contributed by atoms with Gasteiger partial charge in [-0.25, -0.2) is 4.68 Å². The van der Waals surface area contributed by atoms with Crippen LogP contribution in [0.5, 0.6) is 5.75 Å². The zero-order chi connectivity index (χ0) is 16.5. The number of benzene rings is 2. The van der Waals surface area contributed by atoms with Crippen LogP contribution >= 0.6 is 0 Å². The average Bonchev–Trinajstić information content (AvgIpc) is 3.09. The molecule has 0 unspecified atom stereocenters. The highest BCUT2D eigenvalue weighted by Crippen LogP contribution is 2.32. The van der Waals surface area contributed by atoms with Crippen LogP contribution in [0, 0.1) is 6.92 Å². The molecule has 0 amide bonds. The molecule has 4 rings (SSSR count). The van der Waals surface area contributed by atoms with Gasteiger partial charge in [-0.1, -0.05) is 29.8 Å². The normalized spacial score (nSPS) is 16.1. The van der Waals surface area contributed by atoms with E-state index in [1.54, 1.807) is 13.4 Å². The van der Waals surface area contributed by atoms with Crippen LogP contribution in [0.4, 0.5) is 5.95 Å². The van der Waals surface area contributed by atoms with E-state index < -0.39 is 0 Å². The Morgan fingerprint density at radius 3 is 2.71 bits per heavy atom. The average molecular weight is 318 g/mol. The third-order valence-electron chi connectivity index (χ3n) is 4.19. The Labute approximate surface area is 140 Å². The van der Waals surface area contributed by atoms with Crippen molar-refractivity contribution in [3.05, 3.63) is 77.6 Å². The van der Waals surface area contributed by atoms with Crippen LogP contribution in [0.1, 0.15) is 22.7 Å². The highest BCUT2D eigenvalue weighted by atomic mass is 16.5. The number of hydrogen-bond donors (Lipinski definition) is 1. The summed E-state index contributed by atoms with van der Waals surface area (Å²) >= 11 is 0. The molecular formula is C19H18N4O. The zero-order valence-electron chi connectivity index (χ0n) is 13.6. The molecule has 0 radical (unpaired) electrons. The molecule has 0 saturated carbocycles. The molecule has 24 heavy (non-hydrogen) atoms. The lowest BCUT2D eigenvalue weighted by Crippen LogP contribution is -2.20. The summed E-state index contributed by atoms with van der Waals surface area (Å²) in [6, 6.07) is 16.5. The first kappa shape index (κ1) is 14.5. The largest absolute Gasteiger partial charge is 0.497 e. The summed E-state index contributed by atoms with van der Waals surface area (Å²) in [6.07, 6.45) is 3.76. The van der Waals surface area contributed by atoms with Gasteiger partial charge in [0.25, 0.3) is 0 Å². The first-order valence-electron chi connectivity index (χ1n) is 7.84. The summed E-state index contributed by atoms with van der Waals surface area (Å²) in [6.45, 7) is 2.10. The minimum absolute atomic E-state index is 0.0146. The van der Waals surface area contributed by atoms with E-state index in [-0.39, 0.29) is 6.04 Å². The summed E-state index contributed by atoms with van der Waals surface area (Å²) in [5, 5.41) is 7.73. The molecule has 1 aromatic heterocycles. The van der Waals surface area contributed by atoms with Gasteiger partial charge in [-0.15, -0.1) is 0 Å². The fourth-order valence-electron chi connectivity index (χ4n) is 2.96. The van der Waals surface area contributed by atoms with E-state index in [1.807, 2.05) is 28.9 Å². The second-order valence-electron chi connectivity index (χ2n) is 5.82. The summed E-state index contributed by atoms with van der Waals surface area (Å²) in [4.78, 5) is 4.34. The Hall–Kier alpha value is -3.08. The zero-order valence-corrected chi connectivity index (χ0v) is 13.6. The first-order chi connectivity index (χ1) is 11.7. The van der Waals surface area contributed by atoms with Crippen LogP contribution < -0.4 is 10.1 Å². The van der Waals surface area contributed by atoms with Crippen molar-refractivity contribution in [3.8, 4) is 5.75 Å². The maximum Gasteiger partial charge on any atom is 0.226 e. The van der Waals surface area contributed by atoms with E-state index in [1.165, 1.54) is 11.1 Å². The molecule has 3 aromatic rings. The van der Waals surface area contributed by atoms with Crippen molar-refractivity contribution in [3.63, 3.8) is 0 Å². The van der Waals surface area contributed by atoms with Crippen LogP contribution in [-0.4, -0.2) is 21.9 Å². The SMILES string of the molecule is COc1ccc(C2=C[C@H](c3cccc(C)c3)n3ncnc3N2)cc1. The van der Waals surface area contributed by atoms with E-state index in [9.17, 15) is 0 Å². The Morgan fingerprint density at radius 1 is 1.12 bits per heavy atom. The van der Waals surface area contributed by atoms with Gasteiger partial charge in [0.15, 0.2) is 0 Å². The number of allylic oxidation sites excluding steroid dienone is 1. The number of methoxy groups -OCH3 is 1. The van der Waals surface area contributed by atoms with Crippen molar-refractivity contribution >= 4 is 11.6 Å². The van der Waals surface area contributed by atoms with Crippen LogP contribution in [0.3, 0.4) is 0 Å². The Kier molecular flexibility index (Phi) is 3.54. The second-order valence-corrected chi connectivity index (χ2v) is 5.82. The topological polar surface area (TPSA) is 52.0 Å². The molecule has 0 fully saturated rings. The van der Waals surface area contributed by atoms with Gasteiger partial charge in [0.1, 0.15) is 18.1 Å². The van der Waals surface area contributed by atoms with Crippen LogP contribution in [0.15, 0.2) is 60.9 Å². The summed E-state index contributed by atoms with van der Waals surface area (Å²) in [5.41, 5.74) is 4.52. The molecule has 2 aromatic carbocycles. The monoisotopic (exact) mass is 318 g/mol. The number of aromatic nitrogens is 3.